The molecule has 1 radical (unpaired) electrons. The molecule has 0 nitrogen and oxygen atoms in total. The SMILES string of the molecule is CCCCCCCCCCc1cc[c]c2cc3ccccc3cc12. The Balaban J connectivity index is 1.59. The predicted molar refractivity (Wildman–Crippen MR) is 107 cm³/mol. The van der Waals surface area contributed by atoms with Gasteiger partial charge in [0.25, 0.3) is 0 Å². The minimum Gasteiger partial charge on any atom is -0.0654 e. The highest BCUT2D eigenvalue weighted by Gasteiger charge is 2.03. The second kappa shape index (κ2) is 8.87. The van der Waals surface area contributed by atoms with E-state index in [0.717, 1.165) is 0 Å². The molecular formula is C24H29. The van der Waals surface area contributed by atoms with Crippen molar-refractivity contribution in [2.75, 3.05) is 0 Å². The Morgan fingerprint density at radius 2 is 1.42 bits per heavy atom. The summed E-state index contributed by atoms with van der Waals surface area (Å²) in [6.07, 6.45) is 12.2. The topological polar surface area (TPSA) is 0 Å². The summed E-state index contributed by atoms with van der Waals surface area (Å²) < 4.78 is 0. The molecule has 3 aromatic carbocycles. The van der Waals surface area contributed by atoms with Gasteiger partial charge in [0.2, 0.25) is 0 Å². The summed E-state index contributed by atoms with van der Waals surface area (Å²) in [5, 5.41) is 5.29. The molecule has 0 heterocycles. The average Bonchev–Trinajstić information content (AvgIpc) is 2.62. The van der Waals surface area contributed by atoms with E-state index in [4.69, 9.17) is 0 Å². The Kier molecular flexibility index (Phi) is 6.29. The lowest BCUT2D eigenvalue weighted by atomic mass is 9.96. The van der Waals surface area contributed by atoms with Crippen LogP contribution in [0.5, 0.6) is 0 Å². The normalized spacial score (nSPS) is 11.4. The van der Waals surface area contributed by atoms with E-state index in [2.05, 4.69) is 61.5 Å². The van der Waals surface area contributed by atoms with Crippen molar-refractivity contribution >= 4 is 21.5 Å². The van der Waals surface area contributed by atoms with Crippen LogP contribution in [0.15, 0.2) is 48.5 Å². The molecule has 0 saturated carbocycles. The monoisotopic (exact) mass is 317 g/mol. The van der Waals surface area contributed by atoms with Crippen LogP contribution in [0.3, 0.4) is 0 Å². The van der Waals surface area contributed by atoms with Gasteiger partial charge in [0.15, 0.2) is 0 Å². The maximum atomic E-state index is 3.41. The molecule has 0 aromatic heterocycles. The summed E-state index contributed by atoms with van der Waals surface area (Å²) in [6.45, 7) is 2.28. The highest BCUT2D eigenvalue weighted by atomic mass is 14.1. The van der Waals surface area contributed by atoms with E-state index in [1.165, 1.54) is 84.9 Å². The minimum absolute atomic E-state index is 1.19. The second-order valence-corrected chi connectivity index (χ2v) is 6.97. The molecule has 0 spiro atoms. The number of fused-ring (bicyclic) bond motifs is 2. The number of unbranched alkanes of at least 4 members (excludes halogenated alkanes) is 7. The third-order valence-corrected chi connectivity index (χ3v) is 5.05. The Morgan fingerprint density at radius 3 is 2.17 bits per heavy atom. The lowest BCUT2D eigenvalue weighted by Gasteiger charge is -2.08. The summed E-state index contributed by atoms with van der Waals surface area (Å²) >= 11 is 0. The summed E-state index contributed by atoms with van der Waals surface area (Å²) in [5.41, 5.74) is 1.49. The van der Waals surface area contributed by atoms with E-state index in [-0.39, 0.29) is 0 Å². The van der Waals surface area contributed by atoms with Crippen molar-refractivity contribution in [1.82, 2.24) is 0 Å². The van der Waals surface area contributed by atoms with Crippen LogP contribution in [-0.2, 0) is 6.42 Å². The molecule has 0 N–H and O–H groups in total. The van der Waals surface area contributed by atoms with Gasteiger partial charge in [-0.15, -0.1) is 0 Å². The third-order valence-electron chi connectivity index (χ3n) is 5.05. The number of hydrogen-bond donors (Lipinski definition) is 0. The fourth-order valence-electron chi connectivity index (χ4n) is 3.61. The van der Waals surface area contributed by atoms with E-state index < -0.39 is 0 Å². The first kappa shape index (κ1) is 17.0. The van der Waals surface area contributed by atoms with Gasteiger partial charge in [0, 0.05) is 0 Å². The fraction of sp³-hybridized carbons (Fsp3) is 0.417. The van der Waals surface area contributed by atoms with Crippen LogP contribution in [0.1, 0.15) is 63.9 Å². The molecule has 0 aliphatic heterocycles. The van der Waals surface area contributed by atoms with Crippen molar-refractivity contribution in [3.63, 3.8) is 0 Å². The minimum atomic E-state index is 1.19. The van der Waals surface area contributed by atoms with Crippen molar-refractivity contribution in [2.24, 2.45) is 0 Å². The molecule has 0 fully saturated rings. The van der Waals surface area contributed by atoms with E-state index >= 15 is 0 Å². The lowest BCUT2D eigenvalue weighted by molar-refractivity contribution is 0.576. The van der Waals surface area contributed by atoms with Crippen LogP contribution in [-0.4, -0.2) is 0 Å². The quantitative estimate of drug-likeness (QED) is 0.283. The van der Waals surface area contributed by atoms with Crippen molar-refractivity contribution in [3.8, 4) is 0 Å². The molecule has 3 rings (SSSR count). The largest absolute Gasteiger partial charge is 0.0654 e. The second-order valence-electron chi connectivity index (χ2n) is 6.97. The Bertz CT molecular complexity index is 769. The molecule has 0 amide bonds. The summed E-state index contributed by atoms with van der Waals surface area (Å²) in [6, 6.07) is 21.0. The summed E-state index contributed by atoms with van der Waals surface area (Å²) in [5.74, 6) is 0. The molecule has 0 atom stereocenters. The van der Waals surface area contributed by atoms with Crippen molar-refractivity contribution in [3.05, 3.63) is 60.2 Å². The fourth-order valence-corrected chi connectivity index (χ4v) is 3.61. The van der Waals surface area contributed by atoms with Gasteiger partial charge in [-0.2, -0.15) is 0 Å². The van der Waals surface area contributed by atoms with Gasteiger partial charge < -0.3 is 0 Å². The van der Waals surface area contributed by atoms with E-state index in [1.54, 1.807) is 0 Å². The zero-order valence-corrected chi connectivity index (χ0v) is 15.0. The highest BCUT2D eigenvalue weighted by molar-refractivity contribution is 5.99. The number of rotatable bonds is 9. The Labute approximate surface area is 146 Å². The molecule has 24 heavy (non-hydrogen) atoms. The van der Waals surface area contributed by atoms with Crippen LogP contribution in [0.25, 0.3) is 21.5 Å². The Hall–Kier alpha value is -1.82. The molecule has 3 aromatic rings. The summed E-state index contributed by atoms with van der Waals surface area (Å²) in [4.78, 5) is 0. The van der Waals surface area contributed by atoms with E-state index in [0.29, 0.717) is 0 Å². The summed E-state index contributed by atoms with van der Waals surface area (Å²) in [7, 11) is 0. The zero-order valence-electron chi connectivity index (χ0n) is 15.0. The first-order valence-corrected chi connectivity index (χ1v) is 9.70. The lowest BCUT2D eigenvalue weighted by Crippen LogP contribution is -1.89. The van der Waals surface area contributed by atoms with Gasteiger partial charge in [0.1, 0.15) is 0 Å². The van der Waals surface area contributed by atoms with Gasteiger partial charge in [-0.05, 0) is 58.1 Å². The molecule has 0 aliphatic rings. The van der Waals surface area contributed by atoms with Gasteiger partial charge in [-0.25, -0.2) is 0 Å². The first-order valence-electron chi connectivity index (χ1n) is 9.70. The number of aryl methyl sites for hydroxylation is 1. The molecule has 0 aliphatic carbocycles. The molecule has 0 saturated heterocycles. The zero-order chi connectivity index (χ0) is 16.6. The predicted octanol–water partition coefficient (Wildman–Crippen LogP) is 7.48. The van der Waals surface area contributed by atoms with Gasteiger partial charge in [-0.3, -0.25) is 0 Å². The van der Waals surface area contributed by atoms with E-state index in [1.807, 2.05) is 0 Å². The molecule has 125 valence electrons. The maximum Gasteiger partial charge on any atom is -0.00960 e. The van der Waals surface area contributed by atoms with Gasteiger partial charge >= 0.3 is 0 Å². The molecule has 0 heteroatoms. The van der Waals surface area contributed by atoms with Crippen molar-refractivity contribution in [2.45, 2.75) is 64.7 Å². The molecular weight excluding hydrogens is 288 g/mol. The van der Waals surface area contributed by atoms with Crippen LogP contribution >= 0.6 is 0 Å². The van der Waals surface area contributed by atoms with Crippen LogP contribution < -0.4 is 0 Å². The van der Waals surface area contributed by atoms with Crippen molar-refractivity contribution in [1.29, 1.82) is 0 Å². The van der Waals surface area contributed by atoms with Crippen molar-refractivity contribution < 1.29 is 0 Å². The third kappa shape index (κ3) is 4.38. The highest BCUT2D eigenvalue weighted by Crippen LogP contribution is 2.26. The van der Waals surface area contributed by atoms with Crippen LogP contribution in [0.2, 0.25) is 0 Å². The molecule has 0 unspecified atom stereocenters. The Morgan fingerprint density at radius 1 is 0.750 bits per heavy atom. The van der Waals surface area contributed by atoms with Gasteiger partial charge in [0.05, 0.1) is 0 Å². The van der Waals surface area contributed by atoms with Crippen LogP contribution in [0, 0.1) is 6.07 Å². The number of hydrogen-bond acceptors (Lipinski definition) is 0. The first-order chi connectivity index (χ1) is 11.9. The smallest absolute Gasteiger partial charge is 0.00960 e. The average molecular weight is 317 g/mol. The molecule has 0 bridgehead atoms. The maximum absolute atomic E-state index is 3.41. The van der Waals surface area contributed by atoms with Gasteiger partial charge in [-0.1, -0.05) is 88.3 Å². The standard InChI is InChI=1S/C24H29/c1-2-3-4-5-6-7-8-9-13-20-16-12-17-23-18-21-14-10-11-15-22(21)19-24(20)23/h10-12,14-16,18-19H,2-9,13H2,1H3. The number of benzene rings is 3. The van der Waals surface area contributed by atoms with E-state index in [9.17, 15) is 0 Å². The van der Waals surface area contributed by atoms with Crippen LogP contribution in [0.4, 0.5) is 0 Å².